The van der Waals surface area contributed by atoms with Crippen LogP contribution in [0.15, 0.2) is 0 Å². The van der Waals surface area contributed by atoms with E-state index in [1.54, 1.807) is 0 Å². The van der Waals surface area contributed by atoms with Crippen molar-refractivity contribution in [3.63, 3.8) is 0 Å². The molecule has 4 bridgehead atoms. The van der Waals surface area contributed by atoms with Crippen LogP contribution < -0.4 is 10.6 Å². The highest BCUT2D eigenvalue weighted by molar-refractivity contribution is 5.80. The Labute approximate surface area is 164 Å². The van der Waals surface area contributed by atoms with Crippen LogP contribution in [0.1, 0.15) is 72.1 Å². The van der Waals surface area contributed by atoms with E-state index in [4.69, 9.17) is 0 Å². The van der Waals surface area contributed by atoms with Crippen LogP contribution in [0.25, 0.3) is 0 Å². The van der Waals surface area contributed by atoms with E-state index in [0.29, 0.717) is 6.54 Å². The van der Waals surface area contributed by atoms with Gasteiger partial charge >= 0.3 is 0 Å². The van der Waals surface area contributed by atoms with Crippen molar-refractivity contribution in [1.82, 2.24) is 15.5 Å². The lowest BCUT2D eigenvalue weighted by molar-refractivity contribution is -0.132. The smallest absolute Gasteiger partial charge is 0.234 e. The van der Waals surface area contributed by atoms with Gasteiger partial charge in [-0.2, -0.15) is 0 Å². The van der Waals surface area contributed by atoms with Crippen LogP contribution in [-0.2, 0) is 9.59 Å². The summed E-state index contributed by atoms with van der Waals surface area (Å²) in [5.74, 6) is 3.08. The van der Waals surface area contributed by atoms with Crippen molar-refractivity contribution in [3.05, 3.63) is 0 Å². The Morgan fingerprint density at radius 3 is 1.96 bits per heavy atom. The first-order valence-corrected chi connectivity index (χ1v) is 11.1. The molecule has 0 atom stereocenters. The van der Waals surface area contributed by atoms with Gasteiger partial charge < -0.3 is 10.6 Å². The summed E-state index contributed by atoms with van der Waals surface area (Å²) < 4.78 is 0. The molecule has 0 aromatic carbocycles. The van der Waals surface area contributed by atoms with Gasteiger partial charge in [0, 0.05) is 17.0 Å². The van der Waals surface area contributed by atoms with E-state index in [0.717, 1.165) is 43.7 Å². The van der Waals surface area contributed by atoms with E-state index >= 15 is 0 Å². The molecule has 5 rings (SSSR count). The van der Waals surface area contributed by atoms with Gasteiger partial charge in [0.2, 0.25) is 11.8 Å². The van der Waals surface area contributed by atoms with Crippen molar-refractivity contribution in [2.24, 2.45) is 23.7 Å². The van der Waals surface area contributed by atoms with Gasteiger partial charge in [-0.3, -0.25) is 14.5 Å². The number of amides is 2. The Balaban J connectivity index is 1.25. The van der Waals surface area contributed by atoms with Gasteiger partial charge in [0.05, 0.1) is 6.54 Å². The number of carbonyl (C=O) groups excluding carboxylic acids is 2. The molecule has 0 aromatic heterocycles. The Hall–Kier alpha value is -1.10. The third kappa shape index (κ3) is 4.49. The molecular formula is C22H37N3O2. The molecule has 1 heterocycles. The van der Waals surface area contributed by atoms with Gasteiger partial charge in [-0.1, -0.05) is 0 Å². The van der Waals surface area contributed by atoms with Crippen molar-refractivity contribution in [1.29, 1.82) is 0 Å². The van der Waals surface area contributed by atoms with Crippen LogP contribution in [-0.4, -0.2) is 47.4 Å². The number of nitrogens with zero attached hydrogens (tertiary/aromatic N) is 1. The molecule has 4 saturated carbocycles. The van der Waals surface area contributed by atoms with Gasteiger partial charge in [0.1, 0.15) is 0 Å². The molecule has 4 aliphatic carbocycles. The highest BCUT2D eigenvalue weighted by Crippen LogP contribution is 2.55. The number of hydrogen-bond acceptors (Lipinski definition) is 3. The number of hydrogen-bond donors (Lipinski definition) is 2. The molecule has 5 heteroatoms. The summed E-state index contributed by atoms with van der Waals surface area (Å²) in [6.07, 6.45) is 9.63. The fourth-order valence-electron chi connectivity index (χ4n) is 6.64. The number of nitrogens with one attached hydrogen (secondary N) is 2. The quantitative estimate of drug-likeness (QED) is 0.794. The van der Waals surface area contributed by atoms with Crippen LogP contribution in [0.2, 0.25) is 0 Å². The third-order valence-electron chi connectivity index (χ3n) is 7.27. The van der Waals surface area contributed by atoms with Crippen LogP contribution in [0.4, 0.5) is 0 Å². The summed E-state index contributed by atoms with van der Waals surface area (Å²) in [5, 5.41) is 6.57. The lowest BCUT2D eigenvalue weighted by atomic mass is 9.53. The average molecular weight is 376 g/mol. The first-order chi connectivity index (χ1) is 12.7. The Morgan fingerprint density at radius 1 is 0.963 bits per heavy atom. The first kappa shape index (κ1) is 19.2. The van der Waals surface area contributed by atoms with E-state index < -0.39 is 0 Å². The zero-order chi connectivity index (χ0) is 19.2. The predicted octanol–water partition coefficient (Wildman–Crippen LogP) is 2.70. The second-order valence-electron chi connectivity index (χ2n) is 11.0. The van der Waals surface area contributed by atoms with Crippen molar-refractivity contribution in [2.45, 2.75) is 83.2 Å². The van der Waals surface area contributed by atoms with Crippen LogP contribution in [0.5, 0.6) is 0 Å². The standard InChI is InChI=1S/C22H37N3O2/c1-21(2,3)23-19(26)14-25-6-4-18(5-7-25)20(27)24-22-11-15-8-16(12-22)10-17(9-15)13-22/h15-18H,4-14H2,1-3H3,(H,23,26)(H,24,27). The van der Waals surface area contributed by atoms with Crippen molar-refractivity contribution >= 4 is 11.8 Å². The summed E-state index contributed by atoms with van der Waals surface area (Å²) in [5.41, 5.74) is -0.0668. The van der Waals surface area contributed by atoms with Crippen LogP contribution >= 0.6 is 0 Å². The monoisotopic (exact) mass is 375 g/mol. The summed E-state index contributed by atoms with van der Waals surface area (Å²) in [7, 11) is 0. The fourth-order valence-corrected chi connectivity index (χ4v) is 6.64. The highest BCUT2D eigenvalue weighted by Gasteiger charge is 2.51. The Morgan fingerprint density at radius 2 is 1.48 bits per heavy atom. The van der Waals surface area contributed by atoms with Gasteiger partial charge in [0.25, 0.3) is 0 Å². The molecule has 1 saturated heterocycles. The van der Waals surface area contributed by atoms with E-state index in [-0.39, 0.29) is 28.8 Å². The van der Waals surface area contributed by atoms with E-state index in [1.165, 1.54) is 38.5 Å². The summed E-state index contributed by atoms with van der Waals surface area (Å²) in [4.78, 5) is 27.3. The summed E-state index contributed by atoms with van der Waals surface area (Å²) in [6.45, 7) is 8.15. The van der Waals surface area contributed by atoms with Crippen molar-refractivity contribution < 1.29 is 9.59 Å². The molecule has 0 unspecified atom stereocenters. The maximum Gasteiger partial charge on any atom is 0.234 e. The fraction of sp³-hybridized carbons (Fsp3) is 0.909. The molecule has 152 valence electrons. The molecule has 5 fully saturated rings. The molecule has 5 aliphatic rings. The molecule has 0 aromatic rings. The zero-order valence-electron chi connectivity index (χ0n) is 17.4. The minimum absolute atomic E-state index is 0.0824. The van der Waals surface area contributed by atoms with Crippen LogP contribution in [0, 0.1) is 23.7 Å². The largest absolute Gasteiger partial charge is 0.350 e. The topological polar surface area (TPSA) is 61.4 Å². The molecule has 0 spiro atoms. The minimum Gasteiger partial charge on any atom is -0.350 e. The number of piperidine rings is 1. The maximum atomic E-state index is 13.0. The predicted molar refractivity (Wildman–Crippen MR) is 106 cm³/mol. The lowest BCUT2D eigenvalue weighted by Gasteiger charge is -2.57. The molecule has 5 nitrogen and oxygen atoms in total. The van der Waals surface area contributed by atoms with Gasteiger partial charge in [-0.25, -0.2) is 0 Å². The minimum atomic E-state index is -0.187. The number of likely N-dealkylation sites (tertiary alicyclic amines) is 1. The SMILES string of the molecule is CC(C)(C)NC(=O)CN1CCC(C(=O)NC23CC4CC(CC(C4)C2)C3)CC1. The number of carbonyl (C=O) groups is 2. The maximum absolute atomic E-state index is 13.0. The Kier molecular flexibility index (Phi) is 5.02. The van der Waals surface area contributed by atoms with Gasteiger partial charge in [-0.05, 0) is 103 Å². The van der Waals surface area contributed by atoms with Gasteiger partial charge in [-0.15, -0.1) is 0 Å². The van der Waals surface area contributed by atoms with E-state index in [2.05, 4.69) is 15.5 Å². The Bertz CT molecular complexity index is 552. The van der Waals surface area contributed by atoms with Gasteiger partial charge in [0.15, 0.2) is 0 Å². The third-order valence-corrected chi connectivity index (χ3v) is 7.27. The molecule has 1 aliphatic heterocycles. The average Bonchev–Trinajstić information content (AvgIpc) is 2.51. The van der Waals surface area contributed by atoms with E-state index in [1.807, 2.05) is 20.8 Å². The molecule has 2 N–H and O–H groups in total. The van der Waals surface area contributed by atoms with Crippen molar-refractivity contribution in [2.75, 3.05) is 19.6 Å². The van der Waals surface area contributed by atoms with Crippen LogP contribution in [0.3, 0.4) is 0 Å². The number of rotatable bonds is 4. The second kappa shape index (κ2) is 7.06. The lowest BCUT2D eigenvalue weighted by Crippen LogP contribution is -2.61. The second-order valence-corrected chi connectivity index (χ2v) is 11.0. The molecule has 2 amide bonds. The normalized spacial score (nSPS) is 36.6. The van der Waals surface area contributed by atoms with Crippen molar-refractivity contribution in [3.8, 4) is 0 Å². The van der Waals surface area contributed by atoms with E-state index in [9.17, 15) is 9.59 Å². The molecule has 0 radical (unpaired) electrons. The summed E-state index contributed by atoms with van der Waals surface area (Å²) in [6, 6.07) is 0. The zero-order valence-corrected chi connectivity index (χ0v) is 17.4. The highest BCUT2D eigenvalue weighted by atomic mass is 16.2. The summed E-state index contributed by atoms with van der Waals surface area (Å²) >= 11 is 0. The first-order valence-electron chi connectivity index (χ1n) is 11.1. The molecular weight excluding hydrogens is 338 g/mol. The molecule has 27 heavy (non-hydrogen) atoms.